The van der Waals surface area contributed by atoms with Crippen LogP contribution in [0.2, 0.25) is 0 Å². The van der Waals surface area contributed by atoms with Crippen molar-refractivity contribution in [1.82, 2.24) is 0 Å². The molecular weight excluding hydrogens is 314 g/mol. The van der Waals surface area contributed by atoms with E-state index >= 15 is 0 Å². The third-order valence-corrected chi connectivity index (χ3v) is 4.47. The number of aliphatic carboxylic acids is 1. The van der Waals surface area contributed by atoms with Crippen LogP contribution in [0, 0.1) is 0 Å². The Labute approximate surface area is 152 Å². The van der Waals surface area contributed by atoms with Crippen molar-refractivity contribution in [3.63, 3.8) is 0 Å². The molecule has 0 radical (unpaired) electrons. The lowest BCUT2D eigenvalue weighted by Crippen LogP contribution is -2.14. The lowest BCUT2D eigenvalue weighted by Gasteiger charge is -2.11. The van der Waals surface area contributed by atoms with E-state index in [9.17, 15) is 4.79 Å². The zero-order valence-corrected chi connectivity index (χ0v) is 15.7. The second kappa shape index (κ2) is 13.7. The lowest BCUT2D eigenvalue weighted by atomic mass is 10.0. The fourth-order valence-corrected chi connectivity index (χ4v) is 2.90. The number of nitrogens with two attached hydrogens (primary N) is 1. The highest BCUT2D eigenvalue weighted by Crippen LogP contribution is 2.19. The summed E-state index contributed by atoms with van der Waals surface area (Å²) in [5.41, 5.74) is 6.67. The van der Waals surface area contributed by atoms with Crippen molar-refractivity contribution in [3.05, 3.63) is 29.8 Å². The molecule has 1 aromatic rings. The van der Waals surface area contributed by atoms with Crippen LogP contribution in [0.3, 0.4) is 0 Å². The van der Waals surface area contributed by atoms with Gasteiger partial charge in [-0.1, -0.05) is 76.8 Å². The van der Waals surface area contributed by atoms with Crippen LogP contribution >= 0.6 is 0 Å². The Bertz CT molecular complexity index is 459. The molecule has 0 aliphatic heterocycles. The van der Waals surface area contributed by atoms with Crippen LogP contribution in [0.5, 0.6) is 5.75 Å². The Morgan fingerprint density at radius 2 is 1.48 bits per heavy atom. The van der Waals surface area contributed by atoms with Gasteiger partial charge in [0.1, 0.15) is 5.75 Å². The second-order valence-corrected chi connectivity index (χ2v) is 6.80. The quantitative estimate of drug-likeness (QED) is 0.412. The highest BCUT2D eigenvalue weighted by molar-refractivity contribution is 5.67. The number of benzene rings is 1. The predicted octanol–water partition coefficient (Wildman–Crippen LogP) is 5.46. The summed E-state index contributed by atoms with van der Waals surface area (Å²) < 4.78 is 5.74. The lowest BCUT2D eigenvalue weighted by molar-refractivity contribution is -0.137. The van der Waals surface area contributed by atoms with Crippen LogP contribution < -0.4 is 10.5 Å². The molecule has 3 N–H and O–H groups in total. The molecule has 0 saturated heterocycles. The van der Waals surface area contributed by atoms with Gasteiger partial charge in [-0.05, 0) is 24.1 Å². The number of ether oxygens (including phenoxy) is 1. The van der Waals surface area contributed by atoms with E-state index in [0.717, 1.165) is 24.3 Å². The molecule has 1 unspecified atom stereocenters. The Hall–Kier alpha value is -1.55. The summed E-state index contributed by atoms with van der Waals surface area (Å²) in [5.74, 6) is -0.0593. The molecule has 0 fully saturated rings. The van der Waals surface area contributed by atoms with Crippen molar-refractivity contribution < 1.29 is 14.6 Å². The van der Waals surface area contributed by atoms with Gasteiger partial charge in [-0.15, -0.1) is 0 Å². The number of hydrogen-bond donors (Lipinski definition) is 2. The molecule has 0 amide bonds. The number of carbonyl (C=O) groups is 1. The van der Waals surface area contributed by atoms with Gasteiger partial charge in [0.05, 0.1) is 13.0 Å². The van der Waals surface area contributed by atoms with Crippen LogP contribution in [-0.2, 0) is 4.79 Å². The third-order valence-electron chi connectivity index (χ3n) is 4.47. The maximum atomic E-state index is 10.7. The molecule has 25 heavy (non-hydrogen) atoms. The highest BCUT2D eigenvalue weighted by Gasteiger charge is 2.10. The average molecular weight is 350 g/mol. The molecule has 4 nitrogen and oxygen atoms in total. The van der Waals surface area contributed by atoms with Crippen LogP contribution in [0.1, 0.15) is 89.2 Å². The van der Waals surface area contributed by atoms with Crippen molar-refractivity contribution in [2.75, 3.05) is 6.61 Å². The first-order valence-electron chi connectivity index (χ1n) is 9.83. The van der Waals surface area contributed by atoms with Crippen LogP contribution in [0.4, 0.5) is 0 Å². The normalized spacial score (nSPS) is 12.1. The maximum Gasteiger partial charge on any atom is 0.305 e. The molecule has 1 rings (SSSR count). The van der Waals surface area contributed by atoms with Crippen molar-refractivity contribution >= 4 is 5.97 Å². The third kappa shape index (κ3) is 10.8. The van der Waals surface area contributed by atoms with Gasteiger partial charge in [-0.25, -0.2) is 0 Å². The zero-order chi connectivity index (χ0) is 18.3. The predicted molar refractivity (Wildman–Crippen MR) is 103 cm³/mol. The summed E-state index contributed by atoms with van der Waals surface area (Å²) in [6.07, 6.45) is 13.1. The first-order valence-corrected chi connectivity index (χ1v) is 9.83. The second-order valence-electron chi connectivity index (χ2n) is 6.80. The van der Waals surface area contributed by atoms with Gasteiger partial charge in [-0.3, -0.25) is 4.79 Å². The molecule has 0 bridgehead atoms. The average Bonchev–Trinajstić information content (AvgIpc) is 2.59. The molecule has 0 saturated carbocycles. The van der Waals surface area contributed by atoms with Crippen LogP contribution in [0.15, 0.2) is 24.3 Å². The topological polar surface area (TPSA) is 72.5 Å². The number of carboxylic acids is 1. The molecule has 0 heterocycles. The van der Waals surface area contributed by atoms with Crippen molar-refractivity contribution in [2.24, 2.45) is 5.73 Å². The molecule has 1 atom stereocenters. The maximum absolute atomic E-state index is 10.7. The van der Waals surface area contributed by atoms with E-state index in [0.29, 0.717) is 0 Å². The Balaban J connectivity index is 2.04. The summed E-state index contributed by atoms with van der Waals surface area (Å²) in [6, 6.07) is 6.97. The van der Waals surface area contributed by atoms with Crippen LogP contribution in [-0.4, -0.2) is 17.7 Å². The van der Waals surface area contributed by atoms with E-state index in [-0.39, 0.29) is 6.42 Å². The van der Waals surface area contributed by atoms with Gasteiger partial charge in [0, 0.05) is 6.04 Å². The molecule has 0 spiro atoms. The molecule has 0 aliphatic rings. The largest absolute Gasteiger partial charge is 0.494 e. The molecule has 0 aliphatic carbocycles. The Kier molecular flexibility index (Phi) is 11.8. The van der Waals surface area contributed by atoms with E-state index in [1.807, 2.05) is 24.3 Å². The minimum Gasteiger partial charge on any atom is -0.494 e. The summed E-state index contributed by atoms with van der Waals surface area (Å²) in [4.78, 5) is 10.7. The van der Waals surface area contributed by atoms with Crippen molar-refractivity contribution in [3.8, 4) is 5.75 Å². The first kappa shape index (κ1) is 21.5. The van der Waals surface area contributed by atoms with Gasteiger partial charge in [0.2, 0.25) is 0 Å². The number of rotatable bonds is 15. The van der Waals surface area contributed by atoms with E-state index < -0.39 is 12.0 Å². The molecule has 1 aromatic carbocycles. The Morgan fingerprint density at radius 3 is 2.00 bits per heavy atom. The molecular formula is C21H35NO3. The smallest absolute Gasteiger partial charge is 0.305 e. The molecule has 0 aromatic heterocycles. The van der Waals surface area contributed by atoms with Crippen molar-refractivity contribution in [1.29, 1.82) is 0 Å². The summed E-state index contributed by atoms with van der Waals surface area (Å²) >= 11 is 0. The molecule has 142 valence electrons. The minimum absolute atomic E-state index is 0.0567. The monoisotopic (exact) mass is 349 g/mol. The summed E-state index contributed by atoms with van der Waals surface area (Å²) in [6.45, 7) is 2.99. The van der Waals surface area contributed by atoms with Crippen LogP contribution in [0.25, 0.3) is 0 Å². The van der Waals surface area contributed by atoms with E-state index in [1.54, 1.807) is 0 Å². The number of carboxylic acid groups (broad SMARTS) is 1. The van der Waals surface area contributed by atoms with E-state index in [2.05, 4.69) is 6.92 Å². The minimum atomic E-state index is -0.881. The van der Waals surface area contributed by atoms with Gasteiger partial charge in [-0.2, -0.15) is 0 Å². The zero-order valence-electron chi connectivity index (χ0n) is 15.7. The Morgan fingerprint density at radius 1 is 0.960 bits per heavy atom. The number of hydrogen-bond acceptors (Lipinski definition) is 3. The van der Waals surface area contributed by atoms with Crippen molar-refractivity contribution in [2.45, 2.75) is 83.6 Å². The highest BCUT2D eigenvalue weighted by atomic mass is 16.5. The standard InChI is InChI=1S/C21H35NO3/c1-2-3-4-5-6-7-8-9-10-11-16-25-19-14-12-18(13-15-19)20(22)17-21(23)24/h12-15,20H,2-11,16-17,22H2,1H3,(H,23,24). The summed E-state index contributed by atoms with van der Waals surface area (Å²) in [7, 11) is 0. The fourth-order valence-electron chi connectivity index (χ4n) is 2.90. The van der Waals surface area contributed by atoms with E-state index in [1.165, 1.54) is 57.8 Å². The fraction of sp³-hybridized carbons (Fsp3) is 0.667. The molecule has 4 heteroatoms. The van der Waals surface area contributed by atoms with E-state index in [4.69, 9.17) is 15.6 Å². The van der Waals surface area contributed by atoms with Gasteiger partial charge >= 0.3 is 5.97 Å². The van der Waals surface area contributed by atoms with Gasteiger partial charge < -0.3 is 15.6 Å². The van der Waals surface area contributed by atoms with Gasteiger partial charge in [0.15, 0.2) is 0 Å². The first-order chi connectivity index (χ1) is 12.1. The SMILES string of the molecule is CCCCCCCCCCCCOc1ccc(C(N)CC(=O)O)cc1. The number of unbranched alkanes of at least 4 members (excludes halogenated alkanes) is 9. The van der Waals surface area contributed by atoms with Gasteiger partial charge in [0.25, 0.3) is 0 Å². The summed E-state index contributed by atoms with van der Waals surface area (Å²) in [5, 5.41) is 8.76.